The van der Waals surface area contributed by atoms with Gasteiger partial charge in [0.25, 0.3) is 0 Å². The molecule has 1 N–H and O–H groups in total. The van der Waals surface area contributed by atoms with Crippen LogP contribution in [0.25, 0.3) is 0 Å². The van der Waals surface area contributed by atoms with Crippen molar-refractivity contribution in [3.63, 3.8) is 0 Å². The van der Waals surface area contributed by atoms with Crippen LogP contribution in [0.5, 0.6) is 5.75 Å². The molecule has 0 spiro atoms. The highest BCUT2D eigenvalue weighted by Gasteiger charge is 2.07. The Morgan fingerprint density at radius 1 is 1.47 bits per heavy atom. The van der Waals surface area contributed by atoms with Crippen molar-refractivity contribution in [1.29, 1.82) is 0 Å². The summed E-state index contributed by atoms with van der Waals surface area (Å²) in [4.78, 5) is 0. The highest BCUT2D eigenvalue weighted by atomic mass is 35.5. The molecular weight excluding hydrogens is 210 g/mol. The molecule has 0 aliphatic heterocycles. The summed E-state index contributed by atoms with van der Waals surface area (Å²) < 4.78 is 5.80. The zero-order valence-electron chi connectivity index (χ0n) is 9.51. The van der Waals surface area contributed by atoms with Crippen LogP contribution < -0.4 is 10.1 Å². The summed E-state index contributed by atoms with van der Waals surface area (Å²) in [7, 11) is 1.91. The summed E-state index contributed by atoms with van der Waals surface area (Å²) in [5, 5.41) is 3.85. The molecule has 0 saturated heterocycles. The first-order valence-electron chi connectivity index (χ1n) is 5.27. The van der Waals surface area contributed by atoms with Crippen LogP contribution in [-0.4, -0.2) is 13.2 Å². The second kappa shape index (κ2) is 5.99. The lowest BCUT2D eigenvalue weighted by atomic mass is 10.2. The number of benzene rings is 1. The lowest BCUT2D eigenvalue weighted by Gasteiger charge is -2.16. The van der Waals surface area contributed by atoms with Crippen LogP contribution in [0.2, 0.25) is 5.02 Å². The maximum absolute atomic E-state index is 5.94. The standard InChI is InChI=1S/C12H18ClNO/c1-4-9(2)15-12-6-5-11(13)7-10(12)8-14-3/h5-7,9,14H,4,8H2,1-3H3. The van der Waals surface area contributed by atoms with E-state index in [9.17, 15) is 0 Å². The van der Waals surface area contributed by atoms with Crippen molar-refractivity contribution in [3.8, 4) is 5.75 Å². The summed E-state index contributed by atoms with van der Waals surface area (Å²) in [6, 6.07) is 5.73. The zero-order valence-corrected chi connectivity index (χ0v) is 10.3. The Morgan fingerprint density at radius 3 is 2.80 bits per heavy atom. The first kappa shape index (κ1) is 12.3. The molecule has 2 nitrogen and oxygen atoms in total. The topological polar surface area (TPSA) is 21.3 Å². The Bertz CT molecular complexity index is 314. The van der Waals surface area contributed by atoms with Crippen molar-refractivity contribution in [2.24, 2.45) is 0 Å². The van der Waals surface area contributed by atoms with Gasteiger partial charge in [0.15, 0.2) is 0 Å². The number of ether oxygens (including phenoxy) is 1. The Balaban J connectivity index is 2.85. The van der Waals surface area contributed by atoms with Gasteiger partial charge in [0, 0.05) is 17.1 Å². The molecule has 1 unspecified atom stereocenters. The molecule has 0 aliphatic rings. The van der Waals surface area contributed by atoms with Crippen molar-refractivity contribution in [3.05, 3.63) is 28.8 Å². The predicted molar refractivity (Wildman–Crippen MR) is 64.6 cm³/mol. The molecule has 0 saturated carbocycles. The average molecular weight is 228 g/mol. The number of halogens is 1. The molecule has 0 amide bonds. The Kier molecular flexibility index (Phi) is 4.92. The zero-order chi connectivity index (χ0) is 11.3. The lowest BCUT2D eigenvalue weighted by molar-refractivity contribution is 0.215. The number of nitrogens with one attached hydrogen (secondary N) is 1. The molecule has 0 bridgehead atoms. The van der Waals surface area contributed by atoms with Crippen molar-refractivity contribution in [2.45, 2.75) is 32.9 Å². The molecule has 1 aromatic rings. The van der Waals surface area contributed by atoms with Gasteiger partial charge in [-0.05, 0) is 38.6 Å². The Morgan fingerprint density at radius 2 is 2.20 bits per heavy atom. The maximum atomic E-state index is 5.94. The van der Waals surface area contributed by atoms with E-state index in [-0.39, 0.29) is 6.10 Å². The number of hydrogen-bond donors (Lipinski definition) is 1. The van der Waals surface area contributed by atoms with Crippen molar-refractivity contribution in [1.82, 2.24) is 5.32 Å². The van der Waals surface area contributed by atoms with Gasteiger partial charge in [0.1, 0.15) is 5.75 Å². The monoisotopic (exact) mass is 227 g/mol. The van der Waals surface area contributed by atoms with Crippen LogP contribution in [0.4, 0.5) is 0 Å². The van der Waals surface area contributed by atoms with Crippen LogP contribution in [0.15, 0.2) is 18.2 Å². The molecular formula is C12H18ClNO. The fraction of sp³-hybridized carbons (Fsp3) is 0.500. The van der Waals surface area contributed by atoms with Crippen LogP contribution in [0, 0.1) is 0 Å². The van der Waals surface area contributed by atoms with Crippen molar-refractivity contribution < 1.29 is 4.74 Å². The summed E-state index contributed by atoms with van der Waals surface area (Å²) in [5.41, 5.74) is 1.10. The molecule has 0 aliphatic carbocycles. The van der Waals surface area contributed by atoms with Crippen LogP contribution in [0.1, 0.15) is 25.8 Å². The van der Waals surface area contributed by atoms with Crippen LogP contribution >= 0.6 is 11.6 Å². The minimum absolute atomic E-state index is 0.238. The fourth-order valence-corrected chi connectivity index (χ4v) is 1.49. The van der Waals surface area contributed by atoms with Gasteiger partial charge in [-0.3, -0.25) is 0 Å². The molecule has 84 valence electrons. The Labute approximate surface area is 96.6 Å². The predicted octanol–water partition coefficient (Wildman–Crippen LogP) is 3.24. The largest absolute Gasteiger partial charge is 0.490 e. The third-order valence-electron chi connectivity index (χ3n) is 2.29. The second-order valence-corrected chi connectivity index (χ2v) is 4.06. The SMILES string of the molecule is CCC(C)Oc1ccc(Cl)cc1CNC. The van der Waals surface area contributed by atoms with E-state index < -0.39 is 0 Å². The first-order valence-corrected chi connectivity index (χ1v) is 5.64. The van der Waals surface area contributed by atoms with Gasteiger partial charge in [0.2, 0.25) is 0 Å². The molecule has 1 atom stereocenters. The molecule has 0 aromatic heterocycles. The van der Waals surface area contributed by atoms with E-state index in [1.165, 1.54) is 0 Å². The van der Waals surface area contributed by atoms with Gasteiger partial charge in [-0.2, -0.15) is 0 Å². The minimum atomic E-state index is 0.238. The summed E-state index contributed by atoms with van der Waals surface area (Å²) in [6.07, 6.45) is 1.24. The smallest absolute Gasteiger partial charge is 0.124 e. The second-order valence-electron chi connectivity index (χ2n) is 3.62. The van der Waals surface area contributed by atoms with E-state index in [0.29, 0.717) is 0 Å². The minimum Gasteiger partial charge on any atom is -0.490 e. The van der Waals surface area contributed by atoms with Gasteiger partial charge in [-0.1, -0.05) is 18.5 Å². The van der Waals surface area contributed by atoms with Gasteiger partial charge in [-0.15, -0.1) is 0 Å². The van der Waals surface area contributed by atoms with E-state index >= 15 is 0 Å². The molecule has 15 heavy (non-hydrogen) atoms. The molecule has 1 aromatic carbocycles. The van der Waals surface area contributed by atoms with Crippen LogP contribution in [0.3, 0.4) is 0 Å². The Hall–Kier alpha value is -0.730. The third kappa shape index (κ3) is 3.73. The quantitative estimate of drug-likeness (QED) is 0.834. The van der Waals surface area contributed by atoms with E-state index in [1.807, 2.05) is 25.2 Å². The normalized spacial score (nSPS) is 12.5. The van der Waals surface area contributed by atoms with E-state index in [2.05, 4.69) is 19.2 Å². The summed E-state index contributed by atoms with van der Waals surface area (Å²) >= 11 is 5.94. The van der Waals surface area contributed by atoms with Gasteiger partial charge < -0.3 is 10.1 Å². The van der Waals surface area contributed by atoms with Gasteiger partial charge in [-0.25, -0.2) is 0 Å². The van der Waals surface area contributed by atoms with Gasteiger partial charge in [0.05, 0.1) is 6.10 Å². The lowest BCUT2D eigenvalue weighted by Crippen LogP contribution is -2.13. The van der Waals surface area contributed by atoms with E-state index in [0.717, 1.165) is 29.3 Å². The van der Waals surface area contributed by atoms with E-state index in [1.54, 1.807) is 0 Å². The number of hydrogen-bond acceptors (Lipinski definition) is 2. The molecule has 1 rings (SSSR count). The summed E-state index contributed by atoms with van der Waals surface area (Å²) in [5.74, 6) is 0.920. The summed E-state index contributed by atoms with van der Waals surface area (Å²) in [6.45, 7) is 4.95. The third-order valence-corrected chi connectivity index (χ3v) is 2.53. The molecule has 0 fully saturated rings. The highest BCUT2D eigenvalue weighted by molar-refractivity contribution is 6.30. The van der Waals surface area contributed by atoms with Crippen molar-refractivity contribution >= 4 is 11.6 Å². The highest BCUT2D eigenvalue weighted by Crippen LogP contribution is 2.24. The van der Waals surface area contributed by atoms with Gasteiger partial charge >= 0.3 is 0 Å². The fourth-order valence-electron chi connectivity index (χ4n) is 1.29. The molecule has 0 heterocycles. The first-order chi connectivity index (χ1) is 7.17. The molecule has 0 radical (unpaired) electrons. The van der Waals surface area contributed by atoms with Crippen LogP contribution in [-0.2, 0) is 6.54 Å². The maximum Gasteiger partial charge on any atom is 0.124 e. The average Bonchev–Trinajstić information content (AvgIpc) is 2.22. The number of rotatable bonds is 5. The molecule has 3 heteroatoms. The van der Waals surface area contributed by atoms with Crippen molar-refractivity contribution in [2.75, 3.05) is 7.05 Å². The van der Waals surface area contributed by atoms with E-state index in [4.69, 9.17) is 16.3 Å².